The number of aliphatic hydroxyl groups is 1. The first-order valence-corrected chi connectivity index (χ1v) is 18.1. The molecule has 1 amide bonds. The minimum Gasteiger partial charge on any atom is -0.457 e. The number of benzene rings is 1. The van der Waals surface area contributed by atoms with Gasteiger partial charge in [-0.1, -0.05) is 68.5 Å². The molecule has 2 N–H and O–H groups in total. The predicted molar refractivity (Wildman–Crippen MR) is 175 cm³/mol. The quantitative estimate of drug-likeness (QED) is 0.242. The molecule has 13 heteroatoms. The van der Waals surface area contributed by atoms with E-state index < -0.39 is 99.9 Å². The summed E-state index contributed by atoms with van der Waals surface area (Å²) in [5.41, 5.74) is 0.0291. The highest BCUT2D eigenvalue weighted by atomic mass is 32.2. The lowest BCUT2D eigenvalue weighted by molar-refractivity contribution is -0.173. The van der Waals surface area contributed by atoms with Crippen LogP contribution in [0, 0.1) is 29.6 Å². The molecule has 0 radical (unpaired) electrons. The van der Waals surface area contributed by atoms with Crippen molar-refractivity contribution in [1.82, 2.24) is 4.72 Å². The molecule has 264 valence electrons. The standard InChI is InChI=1S/C36H43NO11S/c1-19-17-20(2)36-24(18-27(44-5)34(40)45-29(19)22(4)38)15-16-26-28(36)30(47-35(41)37-49(42,43)25-13-7-6-8-14-25)21(3)31(32(26)48-36)46-33(39)23-11-9-10-12-23/h6-11,13-17,19,21-22,24,26-32,38H,12,18H2,1-5H3,(H,37,41)/b20-17+/t19-,21-,22-,24?,26-,27+,28+,29+,30-,31-,32-,36+/m1/s1. The number of carbonyl (C=O) groups is 3. The maximum absolute atomic E-state index is 13.5. The Kier molecular flexibility index (Phi) is 9.66. The summed E-state index contributed by atoms with van der Waals surface area (Å²) in [4.78, 5) is 40.2. The van der Waals surface area contributed by atoms with Gasteiger partial charge in [0.2, 0.25) is 0 Å². The molecule has 12 nitrogen and oxygen atoms in total. The maximum atomic E-state index is 13.5. The zero-order valence-corrected chi connectivity index (χ0v) is 28.9. The van der Waals surface area contributed by atoms with E-state index in [-0.39, 0.29) is 11.3 Å². The average molecular weight is 698 g/mol. The van der Waals surface area contributed by atoms with Gasteiger partial charge in [-0.15, -0.1) is 0 Å². The number of amides is 1. The molecule has 49 heavy (non-hydrogen) atoms. The van der Waals surface area contributed by atoms with E-state index in [1.165, 1.54) is 19.2 Å². The van der Waals surface area contributed by atoms with E-state index in [4.69, 9.17) is 23.7 Å². The number of ether oxygens (including phenoxy) is 5. The molecule has 5 aliphatic rings. The van der Waals surface area contributed by atoms with Crippen LogP contribution in [0.25, 0.3) is 0 Å². The third kappa shape index (κ3) is 6.26. The molecule has 2 heterocycles. The van der Waals surface area contributed by atoms with E-state index >= 15 is 0 Å². The molecule has 4 bridgehead atoms. The van der Waals surface area contributed by atoms with Gasteiger partial charge < -0.3 is 28.8 Å². The molecule has 12 atom stereocenters. The smallest absolute Gasteiger partial charge is 0.421 e. The third-order valence-electron chi connectivity index (χ3n) is 10.6. The van der Waals surface area contributed by atoms with Crippen molar-refractivity contribution < 1.29 is 51.6 Å². The Hall–Kier alpha value is -3.78. The molecule has 2 fully saturated rings. The second-order valence-electron chi connectivity index (χ2n) is 13.6. The normalized spacial score (nSPS) is 38.3. The van der Waals surface area contributed by atoms with Gasteiger partial charge in [-0.3, -0.25) is 0 Å². The number of allylic oxidation sites excluding steroid dienone is 3. The van der Waals surface area contributed by atoms with Gasteiger partial charge in [0.25, 0.3) is 10.0 Å². The van der Waals surface area contributed by atoms with Gasteiger partial charge in [0.1, 0.15) is 30.0 Å². The van der Waals surface area contributed by atoms with Crippen molar-refractivity contribution in [3.8, 4) is 0 Å². The molecule has 1 unspecified atom stereocenters. The Morgan fingerprint density at radius 1 is 1.10 bits per heavy atom. The highest BCUT2D eigenvalue weighted by Crippen LogP contribution is 2.62. The summed E-state index contributed by atoms with van der Waals surface area (Å²) in [7, 11) is -2.86. The molecule has 2 aliphatic heterocycles. The van der Waals surface area contributed by atoms with Gasteiger partial charge in [-0.05, 0) is 44.4 Å². The van der Waals surface area contributed by atoms with E-state index in [1.54, 1.807) is 44.2 Å². The maximum Gasteiger partial charge on any atom is 0.421 e. The lowest BCUT2D eigenvalue weighted by Gasteiger charge is -2.49. The zero-order valence-electron chi connectivity index (χ0n) is 28.1. The van der Waals surface area contributed by atoms with E-state index in [1.807, 2.05) is 42.9 Å². The van der Waals surface area contributed by atoms with Crippen LogP contribution in [0.1, 0.15) is 40.5 Å². The number of rotatable bonds is 7. The fourth-order valence-corrected chi connectivity index (χ4v) is 9.27. The second kappa shape index (κ2) is 13.5. The number of cyclic esters (lactones) is 1. The van der Waals surface area contributed by atoms with Crippen LogP contribution in [-0.4, -0.2) is 80.9 Å². The van der Waals surface area contributed by atoms with Crippen molar-refractivity contribution in [2.45, 2.75) is 87.7 Å². The number of esters is 2. The minimum atomic E-state index is -4.27. The van der Waals surface area contributed by atoms with Crippen LogP contribution < -0.4 is 4.72 Å². The molecule has 1 saturated heterocycles. The van der Waals surface area contributed by atoms with Crippen LogP contribution in [0.3, 0.4) is 0 Å². The van der Waals surface area contributed by atoms with Crippen LogP contribution in [0.15, 0.2) is 82.8 Å². The third-order valence-corrected chi connectivity index (χ3v) is 12.0. The van der Waals surface area contributed by atoms with Gasteiger partial charge in [-0.2, -0.15) is 0 Å². The van der Waals surface area contributed by atoms with Crippen molar-refractivity contribution in [1.29, 1.82) is 0 Å². The van der Waals surface area contributed by atoms with Crippen molar-refractivity contribution >= 4 is 28.1 Å². The number of methoxy groups -OCH3 is 1. The topological polar surface area (TPSA) is 164 Å². The highest BCUT2D eigenvalue weighted by Gasteiger charge is 2.70. The van der Waals surface area contributed by atoms with Crippen LogP contribution in [0.2, 0.25) is 0 Å². The van der Waals surface area contributed by atoms with Gasteiger partial charge in [0, 0.05) is 42.3 Å². The molecular formula is C36H43NO11S. The fraction of sp³-hybridized carbons (Fsp3) is 0.528. The summed E-state index contributed by atoms with van der Waals surface area (Å²) in [6.45, 7) is 7.06. The minimum absolute atomic E-state index is 0.109. The van der Waals surface area contributed by atoms with Crippen LogP contribution in [-0.2, 0) is 43.3 Å². The van der Waals surface area contributed by atoms with E-state index in [9.17, 15) is 27.9 Å². The van der Waals surface area contributed by atoms with Crippen LogP contribution >= 0.6 is 0 Å². The van der Waals surface area contributed by atoms with Crippen molar-refractivity contribution in [2.24, 2.45) is 29.6 Å². The van der Waals surface area contributed by atoms with E-state index in [0.717, 1.165) is 5.57 Å². The molecule has 1 saturated carbocycles. The van der Waals surface area contributed by atoms with E-state index in [2.05, 4.69) is 0 Å². The van der Waals surface area contributed by atoms with Crippen LogP contribution in [0.5, 0.6) is 0 Å². The number of hydrogen-bond donors (Lipinski definition) is 2. The Labute approximate surface area is 286 Å². The number of sulfonamides is 1. The summed E-state index contributed by atoms with van der Waals surface area (Å²) in [5, 5.41) is 10.6. The first-order valence-electron chi connectivity index (χ1n) is 16.6. The molecule has 1 aromatic rings. The second-order valence-corrected chi connectivity index (χ2v) is 15.3. The largest absolute Gasteiger partial charge is 0.457 e. The first-order chi connectivity index (χ1) is 23.3. The Morgan fingerprint density at radius 2 is 1.84 bits per heavy atom. The number of aliphatic hydroxyl groups excluding tert-OH is 1. The molecule has 1 spiro atoms. The Bertz CT molecular complexity index is 1700. The van der Waals surface area contributed by atoms with Crippen molar-refractivity contribution in [3.63, 3.8) is 0 Å². The van der Waals surface area contributed by atoms with Crippen LogP contribution in [0.4, 0.5) is 4.79 Å². The number of hydrogen-bond acceptors (Lipinski definition) is 11. The number of nitrogens with one attached hydrogen (secondary N) is 1. The van der Waals surface area contributed by atoms with Gasteiger partial charge in [-0.25, -0.2) is 27.5 Å². The summed E-state index contributed by atoms with van der Waals surface area (Å²) in [6, 6.07) is 7.47. The summed E-state index contributed by atoms with van der Waals surface area (Å²) >= 11 is 0. The number of carbonyl (C=O) groups excluding carboxylic acids is 3. The molecule has 3 aliphatic carbocycles. The van der Waals surface area contributed by atoms with Gasteiger partial charge >= 0.3 is 18.0 Å². The fourth-order valence-electron chi connectivity index (χ4n) is 8.37. The molecule has 1 aromatic carbocycles. The molecular weight excluding hydrogens is 654 g/mol. The van der Waals surface area contributed by atoms with Crippen molar-refractivity contribution in [3.05, 3.63) is 77.9 Å². The molecule has 0 aromatic heterocycles. The summed E-state index contributed by atoms with van der Waals surface area (Å²) in [5.74, 6) is -3.72. The average Bonchev–Trinajstić information content (AvgIpc) is 3.66. The summed E-state index contributed by atoms with van der Waals surface area (Å²) in [6.07, 6.45) is 5.06. The van der Waals surface area contributed by atoms with E-state index in [0.29, 0.717) is 12.0 Å². The predicted octanol–water partition coefficient (Wildman–Crippen LogP) is 3.77. The lowest BCUT2D eigenvalue weighted by atomic mass is 9.57. The SMILES string of the molecule is CO[C@H]1CC2C=C[C@H]3[C@H]4O[C@]2(/C(C)=C/[C@@H](C)[C@@H]([C@@H](C)O)OC1=O)[C@@H]3[C@H](OC(=O)NS(=O)(=O)c1ccccc1)[C@@H](C)[C@H]4OC(=O)C1=CC=CC1. The van der Waals surface area contributed by atoms with Crippen molar-refractivity contribution in [2.75, 3.05) is 7.11 Å². The Morgan fingerprint density at radius 3 is 2.49 bits per heavy atom. The lowest BCUT2D eigenvalue weighted by Crippen LogP contribution is -2.59. The van der Waals surface area contributed by atoms with Gasteiger partial charge in [0.15, 0.2) is 6.10 Å². The van der Waals surface area contributed by atoms with Gasteiger partial charge in [0.05, 0.1) is 11.0 Å². The zero-order chi connectivity index (χ0) is 35.2. The Balaban J connectivity index is 1.43. The highest BCUT2D eigenvalue weighted by molar-refractivity contribution is 7.90. The molecule has 6 rings (SSSR count). The summed E-state index contributed by atoms with van der Waals surface area (Å²) < 4.78 is 59.0. The first kappa shape index (κ1) is 35.1. The monoisotopic (exact) mass is 697 g/mol.